The first-order valence-electron chi connectivity index (χ1n) is 7.20. The number of likely N-dealkylation sites (tertiary alicyclic amines) is 1. The van der Waals surface area contributed by atoms with E-state index in [1.54, 1.807) is 6.26 Å². The number of β-amino-alcohol motifs (C(OH)–C–C–N with tert-alkyl or cyclic N) is 1. The molecule has 2 rings (SSSR count). The maximum Gasteiger partial charge on any atom is 0.129 e. The van der Waals surface area contributed by atoms with Crippen molar-refractivity contribution in [1.82, 2.24) is 4.90 Å². The number of rotatable bonds is 6. The summed E-state index contributed by atoms with van der Waals surface area (Å²) in [6.07, 6.45) is 4.95. The average molecular weight is 267 g/mol. The van der Waals surface area contributed by atoms with Crippen molar-refractivity contribution in [2.75, 3.05) is 13.2 Å². The molecular formula is C15H25NO3. The molecule has 1 fully saturated rings. The number of ether oxygens (including phenoxy) is 1. The van der Waals surface area contributed by atoms with E-state index in [4.69, 9.17) is 9.15 Å². The minimum Gasteiger partial charge on any atom is -0.467 e. The van der Waals surface area contributed by atoms with Gasteiger partial charge in [0.05, 0.1) is 19.0 Å². The van der Waals surface area contributed by atoms with Crippen molar-refractivity contribution < 1.29 is 14.3 Å². The minimum absolute atomic E-state index is 0.358. The van der Waals surface area contributed by atoms with Crippen LogP contribution in [0.1, 0.15) is 38.9 Å². The zero-order valence-electron chi connectivity index (χ0n) is 11.9. The molecule has 0 aromatic carbocycles. The van der Waals surface area contributed by atoms with Crippen molar-refractivity contribution >= 4 is 0 Å². The van der Waals surface area contributed by atoms with Crippen LogP contribution in [0.5, 0.6) is 0 Å². The predicted octanol–water partition coefficient (Wildman–Crippen LogP) is 2.42. The van der Waals surface area contributed by atoms with Crippen LogP contribution in [0, 0.1) is 0 Å². The molecule has 3 unspecified atom stereocenters. The van der Waals surface area contributed by atoms with Gasteiger partial charge in [0.15, 0.2) is 0 Å². The molecule has 0 bridgehead atoms. The molecule has 4 heteroatoms. The number of furan rings is 1. The molecule has 3 atom stereocenters. The van der Waals surface area contributed by atoms with Crippen LogP contribution in [-0.2, 0) is 11.3 Å². The summed E-state index contributed by atoms with van der Waals surface area (Å²) in [5, 5.41) is 10.1. The summed E-state index contributed by atoms with van der Waals surface area (Å²) in [6, 6.07) is 4.83. The van der Waals surface area contributed by atoms with E-state index in [0.717, 1.165) is 5.76 Å². The summed E-state index contributed by atoms with van der Waals surface area (Å²) >= 11 is 0. The van der Waals surface area contributed by atoms with E-state index in [0.29, 0.717) is 31.8 Å². The van der Waals surface area contributed by atoms with Crippen molar-refractivity contribution in [2.24, 2.45) is 0 Å². The largest absolute Gasteiger partial charge is 0.467 e. The Morgan fingerprint density at radius 3 is 2.79 bits per heavy atom. The molecule has 0 spiro atoms. The fraction of sp³-hybridized carbons (Fsp3) is 0.733. The summed E-state index contributed by atoms with van der Waals surface area (Å²) in [6.45, 7) is 5.96. The average Bonchev–Trinajstić information content (AvgIpc) is 2.87. The summed E-state index contributed by atoms with van der Waals surface area (Å²) in [7, 11) is 0. The first-order chi connectivity index (χ1) is 9.16. The molecule has 1 N–H and O–H groups in total. The van der Waals surface area contributed by atoms with Crippen LogP contribution in [0.25, 0.3) is 0 Å². The van der Waals surface area contributed by atoms with Crippen LogP contribution < -0.4 is 0 Å². The van der Waals surface area contributed by atoms with Gasteiger partial charge in [0.25, 0.3) is 0 Å². The van der Waals surface area contributed by atoms with Gasteiger partial charge in [0.2, 0.25) is 0 Å². The lowest BCUT2D eigenvalue weighted by Gasteiger charge is -2.40. The standard InChI is InChI=1S/C15H25NO3/c1-12-5-3-6-13(2)16(12)9-14(17)10-18-11-15-7-4-8-19-15/h4,7-8,12-14,17H,3,5-6,9-11H2,1-2H3. The fourth-order valence-corrected chi connectivity index (χ4v) is 2.82. The SMILES string of the molecule is CC1CCCC(C)N1CC(O)COCc1ccco1. The van der Waals surface area contributed by atoms with Gasteiger partial charge in [-0.1, -0.05) is 6.42 Å². The van der Waals surface area contributed by atoms with Gasteiger partial charge in [-0.3, -0.25) is 4.90 Å². The number of hydrogen-bond donors (Lipinski definition) is 1. The van der Waals surface area contributed by atoms with E-state index in [9.17, 15) is 5.11 Å². The molecule has 2 heterocycles. The van der Waals surface area contributed by atoms with E-state index in [-0.39, 0.29) is 0 Å². The van der Waals surface area contributed by atoms with E-state index in [1.807, 2.05) is 12.1 Å². The Balaban J connectivity index is 1.69. The molecule has 4 nitrogen and oxygen atoms in total. The van der Waals surface area contributed by atoms with Crippen molar-refractivity contribution in [3.63, 3.8) is 0 Å². The van der Waals surface area contributed by atoms with E-state index in [2.05, 4.69) is 18.7 Å². The second kappa shape index (κ2) is 7.08. The quantitative estimate of drug-likeness (QED) is 0.860. The van der Waals surface area contributed by atoms with Crippen molar-refractivity contribution in [2.45, 2.75) is 57.9 Å². The van der Waals surface area contributed by atoms with Crippen LogP contribution in [-0.4, -0.2) is 41.3 Å². The third-order valence-corrected chi connectivity index (χ3v) is 3.93. The van der Waals surface area contributed by atoms with Gasteiger partial charge in [-0.2, -0.15) is 0 Å². The van der Waals surface area contributed by atoms with Gasteiger partial charge >= 0.3 is 0 Å². The number of hydrogen-bond acceptors (Lipinski definition) is 4. The van der Waals surface area contributed by atoms with Gasteiger partial charge in [-0.15, -0.1) is 0 Å². The van der Waals surface area contributed by atoms with Crippen molar-refractivity contribution in [3.05, 3.63) is 24.2 Å². The van der Waals surface area contributed by atoms with Crippen molar-refractivity contribution in [1.29, 1.82) is 0 Å². The van der Waals surface area contributed by atoms with Crippen LogP contribution in [0.2, 0.25) is 0 Å². The zero-order valence-corrected chi connectivity index (χ0v) is 11.9. The Morgan fingerprint density at radius 2 is 2.16 bits per heavy atom. The van der Waals surface area contributed by atoms with Gasteiger partial charge in [0, 0.05) is 18.6 Å². The number of aliphatic hydroxyl groups excluding tert-OH is 1. The first-order valence-corrected chi connectivity index (χ1v) is 7.20. The molecule has 1 aromatic rings. The highest BCUT2D eigenvalue weighted by Crippen LogP contribution is 2.22. The molecular weight excluding hydrogens is 242 g/mol. The molecule has 1 saturated heterocycles. The van der Waals surface area contributed by atoms with Gasteiger partial charge in [-0.05, 0) is 38.8 Å². The maximum absolute atomic E-state index is 10.1. The minimum atomic E-state index is -0.432. The Kier molecular flexibility index (Phi) is 5.43. The van der Waals surface area contributed by atoms with Crippen LogP contribution in [0.4, 0.5) is 0 Å². The van der Waals surface area contributed by atoms with E-state index >= 15 is 0 Å². The Morgan fingerprint density at radius 1 is 1.42 bits per heavy atom. The van der Waals surface area contributed by atoms with Crippen LogP contribution in [0.15, 0.2) is 22.8 Å². The monoisotopic (exact) mass is 267 g/mol. The lowest BCUT2D eigenvalue weighted by Crippen LogP contribution is -2.48. The lowest BCUT2D eigenvalue weighted by atomic mass is 9.97. The fourth-order valence-electron chi connectivity index (χ4n) is 2.82. The maximum atomic E-state index is 10.1. The molecule has 0 saturated carbocycles. The smallest absolute Gasteiger partial charge is 0.129 e. The molecule has 0 radical (unpaired) electrons. The summed E-state index contributed by atoms with van der Waals surface area (Å²) in [5.41, 5.74) is 0. The Bertz CT molecular complexity index is 342. The molecule has 1 aromatic heterocycles. The molecule has 0 amide bonds. The number of nitrogens with zero attached hydrogens (tertiary/aromatic N) is 1. The first kappa shape index (κ1) is 14.6. The Hall–Kier alpha value is -0.840. The Labute approximate surface area is 115 Å². The number of aliphatic hydroxyl groups is 1. The molecule has 108 valence electrons. The topological polar surface area (TPSA) is 45.8 Å². The summed E-state index contributed by atoms with van der Waals surface area (Å²) in [4.78, 5) is 2.39. The number of piperidine rings is 1. The van der Waals surface area contributed by atoms with E-state index in [1.165, 1.54) is 19.3 Å². The molecule has 1 aliphatic heterocycles. The predicted molar refractivity (Wildman–Crippen MR) is 73.9 cm³/mol. The van der Waals surface area contributed by atoms with Crippen LogP contribution in [0.3, 0.4) is 0 Å². The van der Waals surface area contributed by atoms with Gasteiger partial charge < -0.3 is 14.3 Å². The van der Waals surface area contributed by atoms with Crippen LogP contribution >= 0.6 is 0 Å². The third kappa shape index (κ3) is 4.34. The lowest BCUT2D eigenvalue weighted by molar-refractivity contribution is -0.0166. The second-order valence-electron chi connectivity index (χ2n) is 5.57. The molecule has 0 aliphatic carbocycles. The second-order valence-corrected chi connectivity index (χ2v) is 5.57. The normalized spacial score (nSPS) is 26.5. The van der Waals surface area contributed by atoms with Crippen molar-refractivity contribution in [3.8, 4) is 0 Å². The highest BCUT2D eigenvalue weighted by Gasteiger charge is 2.26. The van der Waals surface area contributed by atoms with E-state index < -0.39 is 6.10 Å². The highest BCUT2D eigenvalue weighted by molar-refractivity contribution is 4.96. The molecule has 19 heavy (non-hydrogen) atoms. The third-order valence-electron chi connectivity index (χ3n) is 3.93. The molecule has 1 aliphatic rings. The van der Waals surface area contributed by atoms with Gasteiger partial charge in [-0.25, -0.2) is 0 Å². The zero-order chi connectivity index (χ0) is 13.7. The van der Waals surface area contributed by atoms with Gasteiger partial charge in [0.1, 0.15) is 12.4 Å². The summed E-state index contributed by atoms with van der Waals surface area (Å²) < 4.78 is 10.7. The summed E-state index contributed by atoms with van der Waals surface area (Å²) in [5.74, 6) is 0.798. The highest BCUT2D eigenvalue weighted by atomic mass is 16.5.